The standard InChI is InChI=1S/C12H13BrN2/c1-3-8-6-5-7-9-11(8)14-10(4-2)15-12(9)13/h5-7H,3-4H2,1-2H3. The lowest BCUT2D eigenvalue weighted by Gasteiger charge is -2.06. The molecule has 0 atom stereocenters. The summed E-state index contributed by atoms with van der Waals surface area (Å²) >= 11 is 3.50. The van der Waals surface area contributed by atoms with Gasteiger partial charge in [0.15, 0.2) is 0 Å². The quantitative estimate of drug-likeness (QED) is 0.776. The van der Waals surface area contributed by atoms with Gasteiger partial charge in [-0.05, 0) is 27.9 Å². The Hall–Kier alpha value is -0.960. The van der Waals surface area contributed by atoms with E-state index in [1.54, 1.807) is 0 Å². The summed E-state index contributed by atoms with van der Waals surface area (Å²) in [5.41, 5.74) is 2.36. The first-order valence-electron chi connectivity index (χ1n) is 5.20. The van der Waals surface area contributed by atoms with E-state index in [2.05, 4.69) is 57.9 Å². The first-order valence-corrected chi connectivity index (χ1v) is 5.99. The highest BCUT2D eigenvalue weighted by Gasteiger charge is 2.06. The van der Waals surface area contributed by atoms with E-state index < -0.39 is 0 Å². The summed E-state index contributed by atoms with van der Waals surface area (Å²) in [6.45, 7) is 4.22. The molecule has 3 heteroatoms. The van der Waals surface area contributed by atoms with E-state index in [1.807, 2.05) is 0 Å². The van der Waals surface area contributed by atoms with Gasteiger partial charge in [0.25, 0.3) is 0 Å². The number of rotatable bonds is 2. The van der Waals surface area contributed by atoms with Crippen LogP contribution < -0.4 is 0 Å². The maximum atomic E-state index is 4.58. The summed E-state index contributed by atoms with van der Waals surface area (Å²) in [4.78, 5) is 8.98. The Kier molecular flexibility index (Phi) is 3.00. The van der Waals surface area contributed by atoms with Gasteiger partial charge in [-0.1, -0.05) is 32.0 Å². The SMILES string of the molecule is CCc1nc(Br)c2cccc(CC)c2n1. The van der Waals surface area contributed by atoms with Gasteiger partial charge in [-0.3, -0.25) is 0 Å². The van der Waals surface area contributed by atoms with Crippen LogP contribution in [0.1, 0.15) is 25.2 Å². The van der Waals surface area contributed by atoms with Crippen LogP contribution in [0.15, 0.2) is 22.8 Å². The average molecular weight is 265 g/mol. The lowest BCUT2D eigenvalue weighted by molar-refractivity contribution is 0.946. The lowest BCUT2D eigenvalue weighted by atomic mass is 10.1. The number of aromatic nitrogens is 2. The molecular weight excluding hydrogens is 252 g/mol. The molecule has 0 unspecified atom stereocenters. The smallest absolute Gasteiger partial charge is 0.130 e. The number of benzene rings is 1. The van der Waals surface area contributed by atoms with Crippen LogP contribution in [-0.4, -0.2) is 9.97 Å². The Balaban J connectivity index is 2.79. The predicted octanol–water partition coefficient (Wildman–Crippen LogP) is 3.52. The number of fused-ring (bicyclic) bond motifs is 1. The minimum absolute atomic E-state index is 0.868. The Morgan fingerprint density at radius 2 is 1.93 bits per heavy atom. The van der Waals surface area contributed by atoms with Crippen LogP contribution in [0.3, 0.4) is 0 Å². The lowest BCUT2D eigenvalue weighted by Crippen LogP contribution is -1.97. The molecule has 2 rings (SSSR count). The van der Waals surface area contributed by atoms with Gasteiger partial charge >= 0.3 is 0 Å². The second kappa shape index (κ2) is 4.27. The van der Waals surface area contributed by atoms with Crippen molar-refractivity contribution in [3.63, 3.8) is 0 Å². The number of para-hydroxylation sites is 1. The van der Waals surface area contributed by atoms with Gasteiger partial charge in [0, 0.05) is 11.8 Å². The highest BCUT2D eigenvalue weighted by Crippen LogP contribution is 2.24. The zero-order valence-corrected chi connectivity index (χ0v) is 10.5. The molecule has 2 aromatic rings. The Labute approximate surface area is 97.9 Å². The molecular formula is C12H13BrN2. The molecule has 0 fully saturated rings. The van der Waals surface area contributed by atoms with Crippen molar-refractivity contribution in [2.24, 2.45) is 0 Å². The molecule has 0 aliphatic heterocycles. The van der Waals surface area contributed by atoms with E-state index in [4.69, 9.17) is 0 Å². The second-order valence-electron chi connectivity index (χ2n) is 3.45. The highest BCUT2D eigenvalue weighted by atomic mass is 79.9. The molecule has 1 aromatic heterocycles. The number of nitrogens with zero attached hydrogens (tertiary/aromatic N) is 2. The molecule has 0 saturated carbocycles. The third-order valence-electron chi connectivity index (χ3n) is 2.51. The van der Waals surface area contributed by atoms with Crippen molar-refractivity contribution in [3.8, 4) is 0 Å². The highest BCUT2D eigenvalue weighted by molar-refractivity contribution is 9.10. The Morgan fingerprint density at radius 1 is 1.13 bits per heavy atom. The zero-order chi connectivity index (χ0) is 10.8. The minimum atomic E-state index is 0.868. The molecule has 1 aromatic carbocycles. The van der Waals surface area contributed by atoms with Crippen LogP contribution in [0.25, 0.3) is 10.9 Å². The van der Waals surface area contributed by atoms with Gasteiger partial charge in [0.05, 0.1) is 5.52 Å². The summed E-state index contributed by atoms with van der Waals surface area (Å²) in [5, 5.41) is 1.10. The van der Waals surface area contributed by atoms with Gasteiger partial charge in [-0.2, -0.15) is 0 Å². The molecule has 0 bridgehead atoms. The zero-order valence-electron chi connectivity index (χ0n) is 8.92. The molecule has 78 valence electrons. The minimum Gasteiger partial charge on any atom is -0.233 e. The maximum absolute atomic E-state index is 4.58. The fraction of sp³-hybridized carbons (Fsp3) is 0.333. The van der Waals surface area contributed by atoms with Gasteiger partial charge < -0.3 is 0 Å². The van der Waals surface area contributed by atoms with Crippen molar-refractivity contribution < 1.29 is 0 Å². The molecule has 1 heterocycles. The fourth-order valence-corrected chi connectivity index (χ4v) is 2.19. The van der Waals surface area contributed by atoms with Gasteiger partial charge in [-0.25, -0.2) is 9.97 Å². The van der Waals surface area contributed by atoms with Crippen LogP contribution in [0, 0.1) is 0 Å². The van der Waals surface area contributed by atoms with Crippen molar-refractivity contribution in [1.82, 2.24) is 9.97 Å². The van der Waals surface area contributed by atoms with Crippen molar-refractivity contribution in [2.75, 3.05) is 0 Å². The summed E-state index contributed by atoms with van der Waals surface area (Å²) in [7, 11) is 0. The van der Waals surface area contributed by atoms with E-state index >= 15 is 0 Å². The topological polar surface area (TPSA) is 25.8 Å². The first-order chi connectivity index (χ1) is 7.26. The van der Waals surface area contributed by atoms with Crippen LogP contribution in [-0.2, 0) is 12.8 Å². The Morgan fingerprint density at radius 3 is 2.60 bits per heavy atom. The molecule has 0 spiro atoms. The van der Waals surface area contributed by atoms with Crippen molar-refractivity contribution >= 4 is 26.8 Å². The molecule has 0 aliphatic carbocycles. The van der Waals surface area contributed by atoms with Gasteiger partial charge in [-0.15, -0.1) is 0 Å². The molecule has 2 nitrogen and oxygen atoms in total. The molecule has 15 heavy (non-hydrogen) atoms. The largest absolute Gasteiger partial charge is 0.233 e. The van der Waals surface area contributed by atoms with Crippen molar-refractivity contribution in [2.45, 2.75) is 26.7 Å². The predicted molar refractivity (Wildman–Crippen MR) is 66.0 cm³/mol. The van der Waals surface area contributed by atoms with Gasteiger partial charge in [0.1, 0.15) is 10.4 Å². The monoisotopic (exact) mass is 264 g/mol. The number of hydrogen-bond acceptors (Lipinski definition) is 2. The average Bonchev–Trinajstić information content (AvgIpc) is 2.28. The molecule has 0 N–H and O–H groups in total. The number of aryl methyl sites for hydroxylation is 2. The van der Waals surface area contributed by atoms with Crippen LogP contribution >= 0.6 is 15.9 Å². The van der Waals surface area contributed by atoms with E-state index in [0.717, 1.165) is 34.2 Å². The third-order valence-corrected chi connectivity index (χ3v) is 3.11. The summed E-state index contributed by atoms with van der Waals surface area (Å²) in [6, 6.07) is 6.24. The summed E-state index contributed by atoms with van der Waals surface area (Å²) < 4.78 is 0.902. The Bertz CT molecular complexity index is 494. The van der Waals surface area contributed by atoms with E-state index in [-0.39, 0.29) is 0 Å². The number of hydrogen-bond donors (Lipinski definition) is 0. The number of halogens is 1. The van der Waals surface area contributed by atoms with E-state index in [0.29, 0.717) is 0 Å². The van der Waals surface area contributed by atoms with E-state index in [1.165, 1.54) is 5.56 Å². The summed E-state index contributed by atoms with van der Waals surface area (Å²) in [6.07, 6.45) is 1.87. The van der Waals surface area contributed by atoms with Crippen LogP contribution in [0.4, 0.5) is 0 Å². The molecule has 0 amide bonds. The molecule has 0 saturated heterocycles. The normalized spacial score (nSPS) is 10.9. The van der Waals surface area contributed by atoms with Crippen molar-refractivity contribution in [3.05, 3.63) is 34.2 Å². The van der Waals surface area contributed by atoms with Crippen molar-refractivity contribution in [1.29, 1.82) is 0 Å². The van der Waals surface area contributed by atoms with Crippen LogP contribution in [0.2, 0.25) is 0 Å². The van der Waals surface area contributed by atoms with Gasteiger partial charge in [0.2, 0.25) is 0 Å². The fourth-order valence-electron chi connectivity index (χ4n) is 1.66. The maximum Gasteiger partial charge on any atom is 0.130 e. The van der Waals surface area contributed by atoms with Crippen LogP contribution in [0.5, 0.6) is 0 Å². The first kappa shape index (κ1) is 10.6. The molecule has 0 aliphatic rings. The molecule has 0 radical (unpaired) electrons. The second-order valence-corrected chi connectivity index (χ2v) is 4.20. The summed E-state index contributed by atoms with van der Waals surface area (Å²) in [5.74, 6) is 0.898. The third kappa shape index (κ3) is 1.88. The van der Waals surface area contributed by atoms with E-state index in [9.17, 15) is 0 Å².